The van der Waals surface area contributed by atoms with Gasteiger partial charge in [0.15, 0.2) is 18.0 Å². The summed E-state index contributed by atoms with van der Waals surface area (Å²) < 4.78 is 11.7. The highest BCUT2D eigenvalue weighted by Crippen LogP contribution is 2.69. The van der Waals surface area contributed by atoms with Gasteiger partial charge in [-0.3, -0.25) is 19.2 Å². The van der Waals surface area contributed by atoms with Crippen LogP contribution in [-0.2, 0) is 28.7 Å². The smallest absolute Gasteiger partial charge is 0.306 e. The second kappa shape index (κ2) is 14.4. The van der Waals surface area contributed by atoms with Gasteiger partial charge in [-0.2, -0.15) is 0 Å². The number of carbonyl (C=O) groups excluding carboxylic acids is 4. The Bertz CT molecular complexity index is 1140. The lowest BCUT2D eigenvalue weighted by atomic mass is 9.46. The Morgan fingerprint density at radius 2 is 1.64 bits per heavy atom. The average Bonchev–Trinajstić information content (AvgIpc) is 3.21. The van der Waals surface area contributed by atoms with E-state index in [1.165, 1.54) is 38.5 Å². The Hall–Kier alpha value is -2.28. The molecule has 0 amide bonds. The van der Waals surface area contributed by atoms with E-state index in [0.717, 1.165) is 31.3 Å². The van der Waals surface area contributed by atoms with Gasteiger partial charge in [0.05, 0.1) is 6.10 Å². The number of unbranched alkanes of at least 4 members (excludes halogenated alkanes) is 8. The van der Waals surface area contributed by atoms with Crippen LogP contribution in [0.15, 0.2) is 23.8 Å². The number of esters is 2. The summed E-state index contributed by atoms with van der Waals surface area (Å²) >= 11 is 0. The number of ether oxygens (including phenoxy) is 2. The molecule has 0 aromatic heterocycles. The molecule has 0 saturated heterocycles. The van der Waals surface area contributed by atoms with Crippen LogP contribution >= 0.6 is 0 Å². The van der Waals surface area contributed by atoms with Crippen LogP contribution in [0.25, 0.3) is 0 Å². The van der Waals surface area contributed by atoms with Crippen molar-refractivity contribution in [2.75, 3.05) is 6.61 Å². The molecule has 0 radical (unpaired) electrons. The highest BCUT2D eigenvalue weighted by molar-refractivity contribution is 6.01. The van der Waals surface area contributed by atoms with Crippen LogP contribution in [0.2, 0.25) is 0 Å². The zero-order chi connectivity index (χ0) is 32.1. The molecule has 3 fully saturated rings. The first-order valence-electron chi connectivity index (χ1n) is 17.5. The fourth-order valence-electron chi connectivity index (χ4n) is 9.68. The molecule has 0 aliphatic heterocycles. The van der Waals surface area contributed by atoms with E-state index in [-0.39, 0.29) is 54.0 Å². The van der Waals surface area contributed by atoms with Crippen molar-refractivity contribution >= 4 is 23.5 Å². The van der Waals surface area contributed by atoms with Gasteiger partial charge < -0.3 is 14.6 Å². The molecule has 4 aliphatic carbocycles. The van der Waals surface area contributed by atoms with Crippen molar-refractivity contribution in [1.29, 1.82) is 0 Å². The normalized spacial score (nSPS) is 35.7. The molecular formula is C37H56O7. The molecule has 2 unspecified atom stereocenters. The zero-order valence-corrected chi connectivity index (χ0v) is 27.8. The van der Waals surface area contributed by atoms with E-state index in [9.17, 15) is 24.3 Å². The van der Waals surface area contributed by atoms with Crippen molar-refractivity contribution in [3.8, 4) is 0 Å². The first-order chi connectivity index (χ1) is 20.9. The maximum absolute atomic E-state index is 14.2. The lowest BCUT2D eigenvalue weighted by Gasteiger charge is -2.60. The Morgan fingerprint density at radius 1 is 0.977 bits per heavy atom. The maximum Gasteiger partial charge on any atom is 0.306 e. The highest BCUT2D eigenvalue weighted by Gasteiger charge is 2.72. The van der Waals surface area contributed by atoms with Gasteiger partial charge in [0.2, 0.25) is 5.78 Å². The highest BCUT2D eigenvalue weighted by atomic mass is 16.6. The minimum atomic E-state index is -1.48. The monoisotopic (exact) mass is 612 g/mol. The van der Waals surface area contributed by atoms with Gasteiger partial charge in [-0.15, -0.1) is 0 Å². The van der Waals surface area contributed by atoms with Gasteiger partial charge >= 0.3 is 11.9 Å². The summed E-state index contributed by atoms with van der Waals surface area (Å²) in [7, 11) is 0. The largest absolute Gasteiger partial charge is 0.457 e. The fraction of sp³-hybridized carbons (Fsp3) is 0.784. The quantitative estimate of drug-likeness (QED) is 0.153. The number of hydrogen-bond donors (Lipinski definition) is 1. The number of hydrogen-bond acceptors (Lipinski definition) is 7. The summed E-state index contributed by atoms with van der Waals surface area (Å²) in [6, 6.07) is 0. The van der Waals surface area contributed by atoms with E-state index in [1.54, 1.807) is 19.1 Å². The summed E-state index contributed by atoms with van der Waals surface area (Å²) in [6.07, 6.45) is 17.7. The molecule has 3 saturated carbocycles. The molecule has 0 heterocycles. The topological polar surface area (TPSA) is 107 Å². The maximum atomic E-state index is 14.2. The molecule has 4 aliphatic rings. The average molecular weight is 613 g/mol. The van der Waals surface area contributed by atoms with E-state index in [1.807, 2.05) is 19.9 Å². The predicted octanol–water partition coefficient (Wildman–Crippen LogP) is 7.24. The summed E-state index contributed by atoms with van der Waals surface area (Å²) in [5.41, 5.74) is -1.66. The summed E-state index contributed by atoms with van der Waals surface area (Å²) in [5, 5.41) is 11.9. The van der Waals surface area contributed by atoms with Crippen molar-refractivity contribution in [3.05, 3.63) is 23.8 Å². The van der Waals surface area contributed by atoms with Crippen LogP contribution in [0.4, 0.5) is 0 Å². The number of carbonyl (C=O) groups is 4. The van der Waals surface area contributed by atoms with Crippen molar-refractivity contribution in [2.24, 2.45) is 34.5 Å². The molecule has 7 nitrogen and oxygen atoms in total. The van der Waals surface area contributed by atoms with Crippen LogP contribution in [0.3, 0.4) is 0 Å². The van der Waals surface area contributed by atoms with Crippen molar-refractivity contribution in [3.63, 3.8) is 0 Å². The third kappa shape index (κ3) is 6.50. The van der Waals surface area contributed by atoms with Crippen LogP contribution < -0.4 is 0 Å². The number of allylic oxidation sites excluding steroid dienone is 4. The number of fused-ring (bicyclic) bond motifs is 5. The lowest BCUT2D eigenvalue weighted by molar-refractivity contribution is -0.206. The molecule has 0 aromatic rings. The SMILES string of the molecule is CCCCCCCCCCCC(=O)O[C@]1(C(=O)COC(=O)CC)C(C)C[C@H]2[C@@H]3CCC4=CC(=O)C=C[C@]4(C)[C@H]3C(O)C[C@@]21C. The van der Waals surface area contributed by atoms with E-state index in [2.05, 4.69) is 13.8 Å². The van der Waals surface area contributed by atoms with Crippen molar-refractivity contribution in [1.82, 2.24) is 0 Å². The second-order valence-electron chi connectivity index (χ2n) is 14.6. The first-order valence-corrected chi connectivity index (χ1v) is 17.5. The third-order valence-corrected chi connectivity index (χ3v) is 11.9. The molecule has 246 valence electrons. The molecule has 4 rings (SSSR count). The standard InChI is InChI=1S/C37H56O7/c1-6-8-9-10-11-12-13-14-15-16-33(42)44-37(31(40)24-43-32(41)7-2)25(3)21-29-28-18-17-26-22-27(38)19-20-35(26,4)34(28)30(39)23-36(29,37)5/h19-20,22,25,28-30,34,39H,6-18,21,23-24H2,1-5H3/t25?,28-,29-,30?,34+,35-,36-,37-/m0/s1. The number of aliphatic hydroxyl groups excluding tert-OH is 1. The summed E-state index contributed by atoms with van der Waals surface area (Å²) in [5.74, 6) is -1.52. The Morgan fingerprint density at radius 3 is 2.30 bits per heavy atom. The van der Waals surface area contributed by atoms with E-state index < -0.39 is 35.1 Å². The number of rotatable bonds is 15. The molecule has 8 atom stereocenters. The molecule has 7 heteroatoms. The van der Waals surface area contributed by atoms with Crippen LogP contribution in [0, 0.1) is 34.5 Å². The Balaban J connectivity index is 1.53. The molecule has 0 bridgehead atoms. The summed E-state index contributed by atoms with van der Waals surface area (Å²) in [6.45, 7) is 9.57. The second-order valence-corrected chi connectivity index (χ2v) is 14.6. The van der Waals surface area contributed by atoms with Gasteiger partial charge in [-0.25, -0.2) is 0 Å². The van der Waals surface area contributed by atoms with Gasteiger partial charge in [-0.1, -0.05) is 97.6 Å². The lowest BCUT2D eigenvalue weighted by Crippen LogP contribution is -2.64. The van der Waals surface area contributed by atoms with Crippen LogP contribution in [0.1, 0.15) is 131 Å². The molecular weight excluding hydrogens is 556 g/mol. The number of ketones is 2. The molecule has 1 N–H and O–H groups in total. The fourth-order valence-corrected chi connectivity index (χ4v) is 9.68. The van der Waals surface area contributed by atoms with Gasteiger partial charge in [0.1, 0.15) is 0 Å². The van der Waals surface area contributed by atoms with Gasteiger partial charge in [0, 0.05) is 35.5 Å². The van der Waals surface area contributed by atoms with E-state index >= 15 is 0 Å². The number of aliphatic hydroxyl groups is 1. The Labute approximate surface area is 264 Å². The molecule has 44 heavy (non-hydrogen) atoms. The van der Waals surface area contributed by atoms with Crippen molar-refractivity contribution < 1.29 is 33.8 Å². The van der Waals surface area contributed by atoms with E-state index in [4.69, 9.17) is 9.47 Å². The molecule has 0 aromatic carbocycles. The van der Waals surface area contributed by atoms with Gasteiger partial charge in [0.25, 0.3) is 0 Å². The zero-order valence-electron chi connectivity index (χ0n) is 27.8. The molecule has 0 spiro atoms. The predicted molar refractivity (Wildman–Crippen MR) is 169 cm³/mol. The van der Waals surface area contributed by atoms with Crippen LogP contribution in [-0.4, -0.2) is 46.9 Å². The third-order valence-electron chi connectivity index (χ3n) is 11.9. The minimum absolute atomic E-state index is 0.00863. The van der Waals surface area contributed by atoms with E-state index in [0.29, 0.717) is 19.3 Å². The van der Waals surface area contributed by atoms with Crippen LogP contribution in [0.5, 0.6) is 0 Å². The minimum Gasteiger partial charge on any atom is -0.457 e. The summed E-state index contributed by atoms with van der Waals surface area (Å²) in [4.78, 5) is 52.0. The first kappa shape index (κ1) is 34.6. The van der Waals surface area contributed by atoms with Gasteiger partial charge in [-0.05, 0) is 56.1 Å². The Kier molecular flexibility index (Phi) is 11.3. The number of Topliss-reactive ketones (excluding diaryl/α,β-unsaturated/α-hetero) is 1. The van der Waals surface area contributed by atoms with Crippen molar-refractivity contribution in [2.45, 2.75) is 143 Å².